The van der Waals surface area contributed by atoms with Crippen molar-refractivity contribution >= 4 is 17.9 Å². The standard InChI is InChI=1S/C45H70O6/c1-4-7-10-13-16-19-22-25-28-31-34-37-43(46)49-40-42(51-45(48)39-36-33-30-27-24-21-18-15-12-9-6-3)41-50-44(47)38-35-32-29-26-23-20-17-14-11-8-5-2/h7,9-10,12,14,16-21,23,25,27-28,30,42H,4-6,8,11,13,15,22,24,26,29,31-41H2,1-3H3/b10-7-,12-9-,17-14-,19-16-,21-18-,23-20-,28-25-,30-27-. The van der Waals surface area contributed by atoms with Crippen LogP contribution in [0.15, 0.2) is 97.2 Å². The minimum Gasteiger partial charge on any atom is -0.462 e. The van der Waals surface area contributed by atoms with Gasteiger partial charge >= 0.3 is 17.9 Å². The van der Waals surface area contributed by atoms with Gasteiger partial charge in [0, 0.05) is 19.3 Å². The molecule has 0 spiro atoms. The average molecular weight is 707 g/mol. The van der Waals surface area contributed by atoms with Crippen molar-refractivity contribution in [2.45, 2.75) is 155 Å². The van der Waals surface area contributed by atoms with Crippen molar-refractivity contribution < 1.29 is 28.6 Å². The monoisotopic (exact) mass is 707 g/mol. The van der Waals surface area contributed by atoms with Gasteiger partial charge in [-0.3, -0.25) is 14.4 Å². The number of carbonyl (C=O) groups is 3. The molecule has 0 N–H and O–H groups in total. The predicted molar refractivity (Wildman–Crippen MR) is 214 cm³/mol. The summed E-state index contributed by atoms with van der Waals surface area (Å²) in [6, 6.07) is 0. The molecule has 0 saturated carbocycles. The van der Waals surface area contributed by atoms with Crippen molar-refractivity contribution in [2.75, 3.05) is 13.2 Å². The highest BCUT2D eigenvalue weighted by atomic mass is 16.6. The number of hydrogen-bond acceptors (Lipinski definition) is 6. The molecule has 51 heavy (non-hydrogen) atoms. The fourth-order valence-electron chi connectivity index (χ4n) is 4.64. The van der Waals surface area contributed by atoms with Gasteiger partial charge in [-0.05, 0) is 89.9 Å². The van der Waals surface area contributed by atoms with Gasteiger partial charge in [0.1, 0.15) is 13.2 Å². The van der Waals surface area contributed by atoms with Gasteiger partial charge in [-0.2, -0.15) is 0 Å². The molecular weight excluding hydrogens is 636 g/mol. The number of unbranched alkanes of at least 4 members (excludes halogenated alkanes) is 7. The molecule has 1 atom stereocenters. The molecule has 0 saturated heterocycles. The van der Waals surface area contributed by atoms with E-state index in [1.165, 1.54) is 12.8 Å². The van der Waals surface area contributed by atoms with Crippen molar-refractivity contribution in [3.8, 4) is 0 Å². The Labute approximate surface area is 311 Å². The van der Waals surface area contributed by atoms with Gasteiger partial charge in [-0.25, -0.2) is 0 Å². The summed E-state index contributed by atoms with van der Waals surface area (Å²) in [4.78, 5) is 37.4. The molecule has 0 aromatic heterocycles. The van der Waals surface area contributed by atoms with Crippen LogP contribution in [0.25, 0.3) is 0 Å². The summed E-state index contributed by atoms with van der Waals surface area (Å²) in [5.41, 5.74) is 0. The first-order valence-corrected chi connectivity index (χ1v) is 19.8. The first-order valence-electron chi connectivity index (χ1n) is 19.8. The van der Waals surface area contributed by atoms with Gasteiger partial charge in [0.2, 0.25) is 0 Å². The van der Waals surface area contributed by atoms with E-state index in [4.69, 9.17) is 14.2 Å². The third-order valence-corrected chi connectivity index (χ3v) is 7.58. The minimum absolute atomic E-state index is 0.130. The lowest BCUT2D eigenvalue weighted by atomic mass is 10.1. The summed E-state index contributed by atoms with van der Waals surface area (Å²) in [7, 11) is 0. The molecule has 0 aliphatic rings. The van der Waals surface area contributed by atoms with Crippen LogP contribution >= 0.6 is 0 Å². The Morgan fingerprint density at radius 2 is 0.843 bits per heavy atom. The lowest BCUT2D eigenvalue weighted by Gasteiger charge is -2.18. The second-order valence-corrected chi connectivity index (χ2v) is 12.4. The molecule has 1 unspecified atom stereocenters. The molecule has 0 heterocycles. The number of esters is 3. The highest BCUT2D eigenvalue weighted by Crippen LogP contribution is 2.09. The maximum Gasteiger partial charge on any atom is 0.306 e. The Hall–Kier alpha value is -3.67. The van der Waals surface area contributed by atoms with Crippen molar-refractivity contribution in [3.63, 3.8) is 0 Å². The largest absolute Gasteiger partial charge is 0.462 e. The van der Waals surface area contributed by atoms with Gasteiger partial charge in [0.25, 0.3) is 0 Å². The van der Waals surface area contributed by atoms with Crippen LogP contribution in [0.3, 0.4) is 0 Å². The predicted octanol–water partition coefficient (Wildman–Crippen LogP) is 12.3. The summed E-state index contributed by atoms with van der Waals surface area (Å²) in [5.74, 6) is -1.09. The van der Waals surface area contributed by atoms with Gasteiger partial charge in [0.05, 0.1) is 0 Å². The molecule has 0 aromatic carbocycles. The van der Waals surface area contributed by atoms with E-state index < -0.39 is 12.1 Å². The molecule has 286 valence electrons. The fraction of sp³-hybridized carbons (Fsp3) is 0.578. The molecule has 0 aliphatic heterocycles. The molecule has 6 heteroatoms. The maximum absolute atomic E-state index is 12.6. The van der Waals surface area contributed by atoms with Crippen LogP contribution in [-0.2, 0) is 28.6 Å². The number of carbonyl (C=O) groups excluding carboxylic acids is 3. The first kappa shape index (κ1) is 47.3. The first-order chi connectivity index (χ1) is 25.0. The quantitative estimate of drug-likeness (QED) is 0.0222. The molecule has 0 bridgehead atoms. The minimum atomic E-state index is -0.831. The zero-order valence-corrected chi connectivity index (χ0v) is 32.3. The lowest BCUT2D eigenvalue weighted by Crippen LogP contribution is -2.30. The maximum atomic E-state index is 12.6. The van der Waals surface area contributed by atoms with Crippen LogP contribution in [0.2, 0.25) is 0 Å². The normalized spacial score (nSPS) is 13.1. The summed E-state index contributed by atoms with van der Waals surface area (Å²) in [6.45, 7) is 6.17. The van der Waals surface area contributed by atoms with Gasteiger partial charge in [-0.15, -0.1) is 0 Å². The smallest absolute Gasteiger partial charge is 0.306 e. The van der Waals surface area contributed by atoms with E-state index in [9.17, 15) is 14.4 Å². The molecular formula is C45H70O6. The highest BCUT2D eigenvalue weighted by Gasteiger charge is 2.19. The van der Waals surface area contributed by atoms with E-state index in [-0.39, 0.29) is 38.0 Å². The van der Waals surface area contributed by atoms with Crippen LogP contribution < -0.4 is 0 Å². The van der Waals surface area contributed by atoms with E-state index in [0.717, 1.165) is 83.5 Å². The highest BCUT2D eigenvalue weighted by molar-refractivity contribution is 5.71. The summed E-state index contributed by atoms with van der Waals surface area (Å²) < 4.78 is 16.5. The van der Waals surface area contributed by atoms with E-state index >= 15 is 0 Å². The molecule has 0 radical (unpaired) electrons. The Balaban J connectivity index is 4.60. The number of rotatable bonds is 33. The zero-order chi connectivity index (χ0) is 37.3. The van der Waals surface area contributed by atoms with E-state index in [2.05, 4.69) is 118 Å². The summed E-state index contributed by atoms with van der Waals surface area (Å²) >= 11 is 0. The van der Waals surface area contributed by atoms with Crippen molar-refractivity contribution in [1.29, 1.82) is 0 Å². The third-order valence-electron chi connectivity index (χ3n) is 7.58. The Bertz CT molecular complexity index is 1090. The van der Waals surface area contributed by atoms with Gasteiger partial charge in [-0.1, -0.05) is 137 Å². The Morgan fingerprint density at radius 3 is 1.33 bits per heavy atom. The van der Waals surface area contributed by atoms with E-state index in [0.29, 0.717) is 19.3 Å². The van der Waals surface area contributed by atoms with Crippen molar-refractivity contribution in [1.82, 2.24) is 0 Å². The Morgan fingerprint density at radius 1 is 0.431 bits per heavy atom. The second-order valence-electron chi connectivity index (χ2n) is 12.4. The van der Waals surface area contributed by atoms with E-state index in [1.54, 1.807) is 0 Å². The van der Waals surface area contributed by atoms with Crippen LogP contribution in [0.4, 0.5) is 0 Å². The van der Waals surface area contributed by atoms with Crippen LogP contribution in [-0.4, -0.2) is 37.2 Å². The van der Waals surface area contributed by atoms with Gasteiger partial charge < -0.3 is 14.2 Å². The van der Waals surface area contributed by atoms with Crippen LogP contribution in [0, 0.1) is 0 Å². The summed E-state index contributed by atoms with van der Waals surface area (Å²) in [5, 5.41) is 0. The molecule has 0 amide bonds. The van der Waals surface area contributed by atoms with Gasteiger partial charge in [0.15, 0.2) is 6.10 Å². The van der Waals surface area contributed by atoms with Crippen LogP contribution in [0.1, 0.15) is 149 Å². The molecule has 0 fully saturated rings. The van der Waals surface area contributed by atoms with E-state index in [1.807, 2.05) is 0 Å². The number of ether oxygens (including phenoxy) is 3. The zero-order valence-electron chi connectivity index (χ0n) is 32.3. The van der Waals surface area contributed by atoms with Crippen molar-refractivity contribution in [3.05, 3.63) is 97.2 Å². The van der Waals surface area contributed by atoms with Crippen molar-refractivity contribution in [2.24, 2.45) is 0 Å². The molecule has 0 aromatic rings. The Kier molecular flexibility index (Phi) is 36.3. The summed E-state index contributed by atoms with van der Waals surface area (Å²) in [6.07, 6.45) is 49.8. The van der Waals surface area contributed by atoms with Crippen LogP contribution in [0.5, 0.6) is 0 Å². The number of hydrogen-bond donors (Lipinski definition) is 0. The SMILES string of the molecule is CC/C=C\C/C=C\C/C=C\CCCC(=O)OCC(COC(=O)CCCCC/C=C\C=C/CCCC)OC(=O)CCC/C=C\C/C=C\C/C=C\CC. The second kappa shape index (κ2) is 39.1. The molecule has 0 rings (SSSR count). The topological polar surface area (TPSA) is 78.9 Å². The number of allylic oxidation sites excluding steroid dienone is 16. The average Bonchev–Trinajstić information content (AvgIpc) is 3.12. The fourth-order valence-corrected chi connectivity index (χ4v) is 4.64. The molecule has 0 aliphatic carbocycles. The molecule has 6 nitrogen and oxygen atoms in total. The lowest BCUT2D eigenvalue weighted by molar-refractivity contribution is -0.167. The third kappa shape index (κ3) is 37.4.